The maximum Gasteiger partial charge on any atom is 0.252 e. The molecule has 0 unspecified atom stereocenters. The summed E-state index contributed by atoms with van der Waals surface area (Å²) >= 11 is 0. The molecule has 0 saturated heterocycles. The lowest BCUT2D eigenvalue weighted by Gasteiger charge is -2.26. The third-order valence-corrected chi connectivity index (χ3v) is 8.07. The Hall–Kier alpha value is -5.36. The Labute approximate surface area is 263 Å². The molecule has 0 aliphatic rings. The molecule has 6 heteroatoms. The number of nitrogens with zero attached hydrogens (tertiary/aromatic N) is 2. The molecule has 0 aliphatic carbocycles. The summed E-state index contributed by atoms with van der Waals surface area (Å²) in [4.78, 5) is 36.9. The van der Waals surface area contributed by atoms with Gasteiger partial charge in [0.1, 0.15) is 0 Å². The van der Waals surface area contributed by atoms with E-state index in [-0.39, 0.29) is 11.8 Å². The third-order valence-electron chi connectivity index (χ3n) is 8.07. The van der Waals surface area contributed by atoms with Gasteiger partial charge in [0.15, 0.2) is 0 Å². The van der Waals surface area contributed by atoms with E-state index < -0.39 is 5.41 Å². The number of carbonyl (C=O) groups is 2. The van der Waals surface area contributed by atoms with Crippen LogP contribution in [0.5, 0.6) is 0 Å². The monoisotopic (exact) mass is 592 g/mol. The molecule has 224 valence electrons. The van der Waals surface area contributed by atoms with E-state index in [9.17, 15) is 9.59 Å². The first kappa shape index (κ1) is 29.7. The predicted octanol–water partition coefficient (Wildman–Crippen LogP) is 7.92. The van der Waals surface area contributed by atoms with Crippen molar-refractivity contribution < 1.29 is 9.59 Å². The van der Waals surface area contributed by atoms with Crippen molar-refractivity contribution in [3.63, 3.8) is 0 Å². The number of benzene rings is 4. The van der Waals surface area contributed by atoms with Gasteiger partial charge in [0.05, 0.1) is 33.5 Å². The number of carbonyl (C=O) groups excluding carboxylic acids is 2. The van der Waals surface area contributed by atoms with Crippen LogP contribution in [0.1, 0.15) is 45.7 Å². The molecule has 0 fully saturated rings. The Balaban J connectivity index is 1.19. The van der Waals surface area contributed by atoms with Gasteiger partial charge in [0.25, 0.3) is 11.8 Å². The van der Waals surface area contributed by atoms with Gasteiger partial charge in [-0.05, 0) is 43.5 Å². The maximum atomic E-state index is 13.6. The zero-order chi connectivity index (χ0) is 31.6. The van der Waals surface area contributed by atoms with E-state index in [2.05, 4.69) is 10.6 Å². The zero-order valence-electron chi connectivity index (χ0n) is 26.0. The molecule has 2 aromatic heterocycles. The average molecular weight is 593 g/mol. The Morgan fingerprint density at radius 3 is 1.36 bits per heavy atom. The Bertz CT molecular complexity index is 1880. The molecule has 6 rings (SSSR count). The number of nitrogens with one attached hydrogen (secondary N) is 2. The van der Waals surface area contributed by atoms with Crippen LogP contribution in [-0.2, 0) is 0 Å². The molecule has 4 aromatic carbocycles. The highest BCUT2D eigenvalue weighted by atomic mass is 16.2. The summed E-state index contributed by atoms with van der Waals surface area (Å²) < 4.78 is 0. The third kappa shape index (κ3) is 6.60. The van der Waals surface area contributed by atoms with Crippen molar-refractivity contribution in [1.82, 2.24) is 20.6 Å². The second kappa shape index (κ2) is 12.3. The fraction of sp³-hybridized carbons (Fsp3) is 0.179. The first-order valence-electron chi connectivity index (χ1n) is 15.2. The van der Waals surface area contributed by atoms with Gasteiger partial charge in [-0.15, -0.1) is 0 Å². The van der Waals surface area contributed by atoms with Crippen LogP contribution in [0, 0.1) is 19.3 Å². The highest BCUT2D eigenvalue weighted by Gasteiger charge is 2.23. The van der Waals surface area contributed by atoms with E-state index in [1.165, 1.54) is 0 Å². The van der Waals surface area contributed by atoms with Crippen LogP contribution in [0.3, 0.4) is 0 Å². The Morgan fingerprint density at radius 1 is 0.578 bits per heavy atom. The molecule has 2 heterocycles. The Morgan fingerprint density at radius 2 is 0.956 bits per heavy atom. The second-order valence-corrected chi connectivity index (χ2v) is 12.4. The topological polar surface area (TPSA) is 84.0 Å². The quantitative estimate of drug-likeness (QED) is 0.188. The van der Waals surface area contributed by atoms with Crippen LogP contribution in [0.4, 0.5) is 0 Å². The molecule has 0 bridgehead atoms. The summed E-state index contributed by atoms with van der Waals surface area (Å²) in [6.45, 7) is 8.88. The summed E-state index contributed by atoms with van der Waals surface area (Å²) in [6, 6.07) is 35.4. The Kier molecular flexibility index (Phi) is 8.14. The molecule has 2 amide bonds. The number of aromatic nitrogens is 2. The highest BCUT2D eigenvalue weighted by Crippen LogP contribution is 2.27. The van der Waals surface area contributed by atoms with Crippen molar-refractivity contribution in [2.75, 3.05) is 13.1 Å². The first-order valence-corrected chi connectivity index (χ1v) is 15.2. The van der Waals surface area contributed by atoms with Gasteiger partial charge in [-0.1, -0.05) is 110 Å². The van der Waals surface area contributed by atoms with Gasteiger partial charge in [-0.3, -0.25) is 9.59 Å². The van der Waals surface area contributed by atoms with E-state index in [0.29, 0.717) is 24.2 Å². The maximum absolute atomic E-state index is 13.6. The number of fused-ring (bicyclic) bond motifs is 2. The van der Waals surface area contributed by atoms with Crippen LogP contribution in [0.2, 0.25) is 0 Å². The highest BCUT2D eigenvalue weighted by molar-refractivity contribution is 6.08. The molecule has 0 radical (unpaired) electrons. The van der Waals surface area contributed by atoms with Crippen LogP contribution in [0.15, 0.2) is 109 Å². The fourth-order valence-corrected chi connectivity index (χ4v) is 5.36. The number of para-hydroxylation sites is 2. The summed E-state index contributed by atoms with van der Waals surface area (Å²) in [7, 11) is 0. The molecule has 6 nitrogen and oxygen atoms in total. The van der Waals surface area contributed by atoms with Crippen molar-refractivity contribution in [3.05, 3.63) is 131 Å². The molecular weight excluding hydrogens is 556 g/mol. The van der Waals surface area contributed by atoms with Gasteiger partial charge in [0, 0.05) is 35.0 Å². The predicted molar refractivity (Wildman–Crippen MR) is 182 cm³/mol. The molecule has 0 aliphatic heterocycles. The lowest BCUT2D eigenvalue weighted by Crippen LogP contribution is -2.42. The number of hydrogen-bond donors (Lipinski definition) is 2. The molecule has 0 saturated carbocycles. The summed E-state index contributed by atoms with van der Waals surface area (Å²) in [6.07, 6.45) is 0. The molecule has 0 spiro atoms. The lowest BCUT2D eigenvalue weighted by atomic mass is 9.92. The van der Waals surface area contributed by atoms with Crippen LogP contribution in [0.25, 0.3) is 44.3 Å². The van der Waals surface area contributed by atoms with Gasteiger partial charge in [-0.2, -0.15) is 0 Å². The largest absolute Gasteiger partial charge is 0.351 e. The molecular formula is C39H36N4O2. The first-order chi connectivity index (χ1) is 21.7. The average Bonchev–Trinajstić information content (AvgIpc) is 3.06. The summed E-state index contributed by atoms with van der Waals surface area (Å²) in [5.74, 6) is -0.353. The van der Waals surface area contributed by atoms with E-state index in [0.717, 1.165) is 55.4 Å². The van der Waals surface area contributed by atoms with E-state index in [1.54, 1.807) is 0 Å². The number of aryl methyl sites for hydroxylation is 2. The van der Waals surface area contributed by atoms with Gasteiger partial charge < -0.3 is 10.6 Å². The van der Waals surface area contributed by atoms with E-state index in [4.69, 9.17) is 9.97 Å². The number of pyridine rings is 2. The number of hydrogen-bond acceptors (Lipinski definition) is 4. The minimum atomic E-state index is -0.420. The number of amides is 2. The SMILES string of the molecule is Cc1ccc(-c2cc(C(=O)NCC(C)(C)CNC(=O)c3cc(-c4ccc(C)cc4)nc4ccccc34)c3ccccc3n2)cc1. The van der Waals surface area contributed by atoms with E-state index in [1.807, 2.05) is 137 Å². The molecule has 2 N–H and O–H groups in total. The van der Waals surface area contributed by atoms with Crippen LogP contribution < -0.4 is 10.6 Å². The summed E-state index contributed by atoms with van der Waals surface area (Å²) in [5, 5.41) is 7.83. The van der Waals surface area contributed by atoms with Gasteiger partial charge >= 0.3 is 0 Å². The molecule has 6 aromatic rings. The van der Waals surface area contributed by atoms with Crippen molar-refractivity contribution in [2.45, 2.75) is 27.7 Å². The molecule has 0 atom stereocenters. The minimum absolute atomic E-state index is 0.177. The lowest BCUT2D eigenvalue weighted by molar-refractivity contribution is 0.0921. The molecule has 45 heavy (non-hydrogen) atoms. The fourth-order valence-electron chi connectivity index (χ4n) is 5.36. The van der Waals surface area contributed by atoms with Crippen molar-refractivity contribution in [1.29, 1.82) is 0 Å². The zero-order valence-corrected chi connectivity index (χ0v) is 26.0. The minimum Gasteiger partial charge on any atom is -0.351 e. The van der Waals surface area contributed by atoms with Crippen molar-refractivity contribution in [2.24, 2.45) is 5.41 Å². The van der Waals surface area contributed by atoms with Gasteiger partial charge in [-0.25, -0.2) is 9.97 Å². The standard InChI is InChI=1S/C39H36N4O2/c1-25-13-17-27(18-14-25)35-21-31(29-9-5-7-11-33(29)42-35)37(44)40-23-39(3,4)24-41-38(45)32-22-36(28-19-15-26(2)16-20-28)43-34-12-8-6-10-30(32)34/h5-22H,23-24H2,1-4H3,(H,40,44)(H,41,45). The normalized spacial score (nSPS) is 11.5. The smallest absolute Gasteiger partial charge is 0.252 e. The van der Waals surface area contributed by atoms with E-state index >= 15 is 0 Å². The van der Waals surface area contributed by atoms with Crippen LogP contribution >= 0.6 is 0 Å². The summed E-state index contributed by atoms with van der Waals surface area (Å²) in [5.41, 5.74) is 7.99. The van der Waals surface area contributed by atoms with Crippen molar-refractivity contribution in [3.8, 4) is 22.5 Å². The van der Waals surface area contributed by atoms with Crippen LogP contribution in [-0.4, -0.2) is 34.9 Å². The van der Waals surface area contributed by atoms with Crippen molar-refractivity contribution >= 4 is 33.6 Å². The van der Waals surface area contributed by atoms with Gasteiger partial charge in [0.2, 0.25) is 0 Å². The second-order valence-electron chi connectivity index (χ2n) is 12.4. The number of rotatable bonds is 8.